The number of esters is 1. The smallest absolute Gasteiger partial charge is 0.338 e. The Hall–Kier alpha value is -8.95. The molecule has 11 rings (SSSR count). The second-order valence-electron chi connectivity index (χ2n) is 35.2. The fourth-order valence-electron chi connectivity index (χ4n) is 12.2. The molecule has 0 spiro atoms. The Kier molecular flexibility index (Phi) is 17.8. The third-order valence-electron chi connectivity index (χ3n) is 18.8. The van der Waals surface area contributed by atoms with Crippen molar-refractivity contribution < 1.29 is 9.53 Å². The minimum Gasteiger partial charge on any atom is -0.457 e. The van der Waals surface area contributed by atoms with Crippen LogP contribution in [0.4, 0.5) is 0 Å². The molecule has 97 heavy (non-hydrogen) atoms. The van der Waals surface area contributed by atoms with Gasteiger partial charge in [-0.25, -0.2) is 34.7 Å². The number of para-hydroxylation sites is 1. The summed E-state index contributed by atoms with van der Waals surface area (Å²) in [5.74, 6) is 2.83. The predicted molar refractivity (Wildman–Crippen MR) is 405 cm³/mol. The molecule has 9 heteroatoms. The minimum absolute atomic E-state index is 0.161. The van der Waals surface area contributed by atoms with Gasteiger partial charge in [0.1, 0.15) is 6.61 Å². The zero-order valence-corrected chi connectivity index (χ0v) is 62.2. The molecule has 0 saturated carbocycles. The van der Waals surface area contributed by atoms with Gasteiger partial charge in [0.05, 0.1) is 22.3 Å². The van der Waals surface area contributed by atoms with Gasteiger partial charge in [0.2, 0.25) is 0 Å². The first-order chi connectivity index (χ1) is 45.0. The first-order valence-corrected chi connectivity index (χ1v) is 34.5. The highest BCUT2D eigenvalue weighted by atomic mass is 16.5. The molecule has 0 bridgehead atoms. The van der Waals surface area contributed by atoms with Crippen LogP contribution in [0.3, 0.4) is 0 Å². The molecular weight excluding hydrogens is 1190 g/mol. The second-order valence-corrected chi connectivity index (χ2v) is 35.2. The van der Waals surface area contributed by atoms with Gasteiger partial charge in [-0.15, -0.1) is 0 Å². The molecule has 500 valence electrons. The molecule has 0 amide bonds. The van der Waals surface area contributed by atoms with Crippen LogP contribution in [0.1, 0.15) is 227 Å². The Balaban J connectivity index is 1.27. The standard InChI is InChI=1S/C88H101N7O2/c1-81(2,3)60-38-56(39-61(48-60)82(4,5)6)75-89-74(90-76(91-75)57-40-62(83(7,8)9)49-63(41-57)84(10,11)12)54-34-36-73(95-71-33-29-28-32-68(71)69-47-55(35-37-72(69)95)80(96)97-52-53-30-26-25-27-31-53)70(46-54)79-93-77(58-42-64(85(13,14)15)50-65(43-58)86(16,17)18)92-78(94-79)59-44-66(87(19,20)21)51-67(45-59)88(22,23)24/h25-51H,52H2,1-24H3. The molecule has 0 aliphatic carbocycles. The van der Waals surface area contributed by atoms with Crippen molar-refractivity contribution in [1.82, 2.24) is 34.5 Å². The average Bonchev–Trinajstić information content (AvgIpc) is 1.66. The topological polar surface area (TPSA) is 109 Å². The lowest BCUT2D eigenvalue weighted by Crippen LogP contribution is -2.17. The van der Waals surface area contributed by atoms with Crippen LogP contribution in [0.5, 0.6) is 0 Å². The summed E-state index contributed by atoms with van der Waals surface area (Å²) in [6.45, 7) is 54.6. The van der Waals surface area contributed by atoms with Gasteiger partial charge in [-0.05, 0) is 184 Å². The van der Waals surface area contributed by atoms with Gasteiger partial charge >= 0.3 is 5.97 Å². The van der Waals surface area contributed by atoms with Gasteiger partial charge in [-0.2, -0.15) is 0 Å². The summed E-state index contributed by atoms with van der Waals surface area (Å²) in [7, 11) is 0. The van der Waals surface area contributed by atoms with Crippen LogP contribution in [0, 0.1) is 0 Å². The summed E-state index contributed by atoms with van der Waals surface area (Å²) in [6.07, 6.45) is 0. The molecule has 9 nitrogen and oxygen atoms in total. The van der Waals surface area contributed by atoms with E-state index in [1.165, 1.54) is 44.5 Å². The van der Waals surface area contributed by atoms with Crippen LogP contribution in [0.25, 0.3) is 95.8 Å². The summed E-state index contributed by atoms with van der Waals surface area (Å²) in [6, 6.07) is 58.0. The summed E-state index contributed by atoms with van der Waals surface area (Å²) in [5.41, 5.74) is 17.2. The number of nitrogens with zero attached hydrogens (tertiary/aromatic N) is 7. The van der Waals surface area contributed by atoms with Crippen LogP contribution >= 0.6 is 0 Å². The second kappa shape index (κ2) is 24.9. The lowest BCUT2D eigenvalue weighted by atomic mass is 9.79. The molecule has 0 saturated heterocycles. The van der Waals surface area contributed by atoms with E-state index in [9.17, 15) is 4.79 Å². The van der Waals surface area contributed by atoms with Crippen LogP contribution < -0.4 is 0 Å². The van der Waals surface area contributed by atoms with E-state index < -0.39 is 5.97 Å². The first-order valence-electron chi connectivity index (χ1n) is 34.5. The quantitative estimate of drug-likeness (QED) is 0.125. The molecule has 11 aromatic rings. The molecule has 3 heterocycles. The number of carbonyl (C=O) groups excluding carboxylic acids is 1. The van der Waals surface area contributed by atoms with Gasteiger partial charge in [0.15, 0.2) is 34.9 Å². The number of hydrogen-bond acceptors (Lipinski definition) is 8. The normalized spacial score (nSPS) is 13.0. The summed E-state index contributed by atoms with van der Waals surface area (Å²) >= 11 is 0. The first kappa shape index (κ1) is 69.4. The number of hydrogen-bond donors (Lipinski definition) is 0. The number of ether oxygens (including phenoxy) is 1. The third kappa shape index (κ3) is 15.0. The molecule has 3 aromatic heterocycles. The number of fused-ring (bicyclic) bond motifs is 3. The zero-order valence-electron chi connectivity index (χ0n) is 62.2. The molecular formula is C88H101N7O2. The van der Waals surface area contributed by atoms with Crippen LogP contribution in [-0.2, 0) is 54.7 Å². The van der Waals surface area contributed by atoms with Gasteiger partial charge < -0.3 is 9.30 Å². The maximum Gasteiger partial charge on any atom is 0.338 e. The highest BCUT2D eigenvalue weighted by molar-refractivity contribution is 6.11. The van der Waals surface area contributed by atoms with Crippen LogP contribution in [-0.4, -0.2) is 40.4 Å². The third-order valence-corrected chi connectivity index (χ3v) is 18.8. The molecule has 0 radical (unpaired) electrons. The number of aromatic nitrogens is 7. The number of benzene rings is 8. The summed E-state index contributed by atoms with van der Waals surface area (Å²) in [5, 5.41) is 1.86. The van der Waals surface area contributed by atoms with Gasteiger partial charge in [0.25, 0.3) is 0 Å². The van der Waals surface area contributed by atoms with Crippen molar-refractivity contribution in [2.45, 2.75) is 216 Å². The molecule has 0 N–H and O–H groups in total. The average molecular weight is 1290 g/mol. The van der Waals surface area contributed by atoms with E-state index in [-0.39, 0.29) is 49.9 Å². The Labute approximate surface area is 578 Å². The van der Waals surface area contributed by atoms with Crippen molar-refractivity contribution in [3.05, 3.63) is 219 Å². The highest BCUT2D eigenvalue weighted by Crippen LogP contribution is 2.43. The van der Waals surface area contributed by atoms with Gasteiger partial charge in [0, 0.05) is 44.2 Å². The Morgan fingerprint density at radius 2 is 0.629 bits per heavy atom. The monoisotopic (exact) mass is 1290 g/mol. The van der Waals surface area contributed by atoms with Crippen molar-refractivity contribution >= 4 is 27.8 Å². The molecule has 0 aliphatic heterocycles. The molecule has 0 aliphatic rings. The van der Waals surface area contributed by atoms with Gasteiger partial charge in [-0.3, -0.25) is 0 Å². The van der Waals surface area contributed by atoms with E-state index in [4.69, 9.17) is 34.6 Å². The molecule has 0 fully saturated rings. The molecule has 0 atom stereocenters. The molecule has 8 aromatic carbocycles. The van der Waals surface area contributed by atoms with Crippen molar-refractivity contribution in [2.75, 3.05) is 0 Å². The van der Waals surface area contributed by atoms with E-state index in [1.54, 1.807) is 0 Å². The largest absolute Gasteiger partial charge is 0.457 e. The van der Waals surface area contributed by atoms with Gasteiger partial charge in [-0.1, -0.05) is 239 Å². The van der Waals surface area contributed by atoms with E-state index in [0.717, 1.165) is 66.4 Å². The maximum absolute atomic E-state index is 14.1. The summed E-state index contributed by atoms with van der Waals surface area (Å²) < 4.78 is 8.25. The van der Waals surface area contributed by atoms with E-state index in [0.29, 0.717) is 40.5 Å². The van der Waals surface area contributed by atoms with Crippen LogP contribution in [0.15, 0.2) is 164 Å². The highest BCUT2D eigenvalue weighted by Gasteiger charge is 2.30. The Morgan fingerprint density at radius 1 is 0.309 bits per heavy atom. The van der Waals surface area contributed by atoms with Crippen LogP contribution in [0.2, 0.25) is 0 Å². The SMILES string of the molecule is CC(C)(C)c1cc(-c2nc(-c3cc(C(C)(C)C)cc(C(C)(C)C)c3)nc(-c3ccc(-n4c5ccccc5c5cc(C(=O)OCc6ccccc6)ccc54)c(-c4nc(-c5cc(C(C)(C)C)cc(C(C)(C)C)c5)nc(-c5cc(C(C)(C)C)cc(C(C)(C)C)c5)n4)c3)n2)cc(C(C)(C)C)c1. The van der Waals surface area contributed by atoms with Crippen molar-refractivity contribution in [2.24, 2.45) is 0 Å². The number of carbonyl (C=O) groups is 1. The predicted octanol–water partition coefficient (Wildman–Crippen LogP) is 22.9. The fourth-order valence-corrected chi connectivity index (χ4v) is 12.2. The van der Waals surface area contributed by atoms with Crippen molar-refractivity contribution in [3.8, 4) is 74.0 Å². The Bertz CT molecular complexity index is 4520. The van der Waals surface area contributed by atoms with Crippen molar-refractivity contribution in [3.63, 3.8) is 0 Å². The lowest BCUT2D eigenvalue weighted by Gasteiger charge is -2.26. The minimum atomic E-state index is -0.399. The number of rotatable bonds is 10. The zero-order chi connectivity index (χ0) is 70.5. The van der Waals surface area contributed by atoms with E-state index in [2.05, 4.69) is 286 Å². The van der Waals surface area contributed by atoms with E-state index in [1.807, 2.05) is 48.5 Å². The fraction of sp³-hybridized carbons (Fsp3) is 0.375. The lowest BCUT2D eigenvalue weighted by molar-refractivity contribution is 0.0473. The van der Waals surface area contributed by atoms with E-state index >= 15 is 0 Å². The van der Waals surface area contributed by atoms with Crippen molar-refractivity contribution in [1.29, 1.82) is 0 Å². The Morgan fingerprint density at radius 3 is 0.990 bits per heavy atom. The molecule has 0 unspecified atom stereocenters. The summed E-state index contributed by atoms with van der Waals surface area (Å²) in [4.78, 5) is 48.0. The maximum atomic E-state index is 14.1.